The molecule has 1 aliphatic heterocycles. The third-order valence-electron chi connectivity index (χ3n) is 3.97. The van der Waals surface area contributed by atoms with Gasteiger partial charge in [-0.3, -0.25) is 14.7 Å². The number of aliphatic hydroxyl groups is 1. The molecule has 0 unspecified atom stereocenters. The van der Waals surface area contributed by atoms with Crippen molar-refractivity contribution in [2.45, 2.75) is 6.61 Å². The number of para-hydroxylation sites is 1. The van der Waals surface area contributed by atoms with E-state index in [1.54, 1.807) is 12.4 Å². The Bertz CT molecular complexity index is 654. The average molecular weight is 327 g/mol. The quantitative estimate of drug-likeness (QED) is 0.843. The number of rotatable bonds is 5. The number of piperazine rings is 1. The molecule has 3 rings (SSSR count). The number of nitrogens with zero attached hydrogens (tertiary/aromatic N) is 4. The summed E-state index contributed by atoms with van der Waals surface area (Å²) in [6, 6.07) is 9.48. The van der Waals surface area contributed by atoms with Crippen molar-refractivity contribution >= 4 is 17.4 Å². The molecule has 1 amide bonds. The van der Waals surface area contributed by atoms with E-state index < -0.39 is 0 Å². The van der Waals surface area contributed by atoms with E-state index in [9.17, 15) is 4.79 Å². The van der Waals surface area contributed by atoms with Crippen molar-refractivity contribution < 1.29 is 9.90 Å². The van der Waals surface area contributed by atoms with Crippen LogP contribution in [0.2, 0.25) is 0 Å². The van der Waals surface area contributed by atoms with E-state index in [1.165, 1.54) is 0 Å². The topological polar surface area (TPSA) is 81.6 Å². The molecule has 7 heteroatoms. The summed E-state index contributed by atoms with van der Waals surface area (Å²) in [7, 11) is 0. The molecule has 0 aliphatic carbocycles. The Kier molecular flexibility index (Phi) is 5.35. The first kappa shape index (κ1) is 16.4. The zero-order valence-electron chi connectivity index (χ0n) is 13.4. The van der Waals surface area contributed by atoms with Crippen LogP contribution in [0.25, 0.3) is 0 Å². The van der Waals surface area contributed by atoms with E-state index in [1.807, 2.05) is 30.3 Å². The van der Waals surface area contributed by atoms with Gasteiger partial charge in [0.2, 0.25) is 5.91 Å². The fraction of sp³-hybridized carbons (Fsp3) is 0.353. The Morgan fingerprint density at radius 2 is 1.83 bits per heavy atom. The van der Waals surface area contributed by atoms with Crippen molar-refractivity contribution in [1.29, 1.82) is 0 Å². The first-order valence-corrected chi connectivity index (χ1v) is 7.98. The van der Waals surface area contributed by atoms with Gasteiger partial charge in [0, 0.05) is 31.9 Å². The Morgan fingerprint density at radius 1 is 1.08 bits per heavy atom. The van der Waals surface area contributed by atoms with Crippen LogP contribution in [0.15, 0.2) is 42.7 Å². The van der Waals surface area contributed by atoms with Crippen molar-refractivity contribution in [3.05, 3.63) is 48.4 Å². The van der Waals surface area contributed by atoms with Gasteiger partial charge in [0.25, 0.3) is 0 Å². The maximum atomic E-state index is 12.1. The van der Waals surface area contributed by atoms with Crippen LogP contribution >= 0.6 is 0 Å². The number of anilines is 2. The molecule has 2 N–H and O–H groups in total. The second kappa shape index (κ2) is 7.85. The molecule has 1 aromatic heterocycles. The van der Waals surface area contributed by atoms with Gasteiger partial charge in [-0.1, -0.05) is 18.2 Å². The van der Waals surface area contributed by atoms with Crippen LogP contribution in [-0.2, 0) is 11.4 Å². The first-order chi connectivity index (χ1) is 11.7. The molecule has 7 nitrogen and oxygen atoms in total. The van der Waals surface area contributed by atoms with Gasteiger partial charge >= 0.3 is 0 Å². The third kappa shape index (κ3) is 4.27. The summed E-state index contributed by atoms with van der Waals surface area (Å²) in [4.78, 5) is 24.8. The minimum Gasteiger partial charge on any atom is -0.390 e. The molecule has 0 bridgehead atoms. The zero-order chi connectivity index (χ0) is 16.8. The predicted octanol–water partition coefficient (Wildman–Crippen LogP) is 0.730. The number of hydrogen-bond acceptors (Lipinski definition) is 6. The second-order valence-corrected chi connectivity index (χ2v) is 5.70. The number of carbonyl (C=O) groups excluding carboxylic acids is 1. The van der Waals surface area contributed by atoms with Gasteiger partial charge in [0.1, 0.15) is 5.82 Å². The van der Waals surface area contributed by atoms with E-state index in [2.05, 4.69) is 25.1 Å². The van der Waals surface area contributed by atoms with E-state index in [0.717, 1.165) is 37.7 Å². The van der Waals surface area contributed by atoms with Crippen molar-refractivity contribution in [2.24, 2.45) is 0 Å². The highest BCUT2D eigenvalue weighted by molar-refractivity contribution is 5.92. The minimum atomic E-state index is -0.0996. The lowest BCUT2D eigenvalue weighted by atomic mass is 10.3. The van der Waals surface area contributed by atoms with E-state index in [0.29, 0.717) is 12.2 Å². The van der Waals surface area contributed by atoms with Crippen LogP contribution in [-0.4, -0.2) is 58.6 Å². The molecular formula is C17H21N5O2. The molecule has 2 aromatic rings. The van der Waals surface area contributed by atoms with Crippen LogP contribution in [0.4, 0.5) is 11.5 Å². The maximum absolute atomic E-state index is 12.1. The number of aliphatic hydroxyl groups excluding tert-OH is 1. The second-order valence-electron chi connectivity index (χ2n) is 5.70. The molecule has 0 radical (unpaired) electrons. The summed E-state index contributed by atoms with van der Waals surface area (Å²) in [5.41, 5.74) is 1.38. The maximum Gasteiger partial charge on any atom is 0.238 e. The van der Waals surface area contributed by atoms with Gasteiger partial charge in [-0.2, -0.15) is 0 Å². The van der Waals surface area contributed by atoms with Crippen LogP contribution < -0.4 is 10.2 Å². The van der Waals surface area contributed by atoms with Gasteiger partial charge in [-0.15, -0.1) is 0 Å². The van der Waals surface area contributed by atoms with Crippen LogP contribution in [0, 0.1) is 0 Å². The van der Waals surface area contributed by atoms with E-state index in [4.69, 9.17) is 5.11 Å². The van der Waals surface area contributed by atoms with Crippen molar-refractivity contribution in [3.63, 3.8) is 0 Å². The lowest BCUT2D eigenvalue weighted by Gasteiger charge is -2.34. The van der Waals surface area contributed by atoms with Gasteiger partial charge in [-0.05, 0) is 12.1 Å². The fourth-order valence-electron chi connectivity index (χ4n) is 2.65. The molecule has 126 valence electrons. The van der Waals surface area contributed by atoms with Gasteiger partial charge in [0.05, 0.1) is 31.2 Å². The normalized spacial score (nSPS) is 15.3. The monoisotopic (exact) mass is 327 g/mol. The molecule has 2 heterocycles. The molecule has 1 fully saturated rings. The highest BCUT2D eigenvalue weighted by Crippen LogP contribution is 2.12. The Balaban J connectivity index is 1.47. The molecule has 1 aromatic carbocycles. The summed E-state index contributed by atoms with van der Waals surface area (Å²) in [5, 5.41) is 11.9. The summed E-state index contributed by atoms with van der Waals surface area (Å²) in [5.74, 6) is 0.808. The zero-order valence-corrected chi connectivity index (χ0v) is 13.4. The fourth-order valence-corrected chi connectivity index (χ4v) is 2.65. The summed E-state index contributed by atoms with van der Waals surface area (Å²) < 4.78 is 0. The number of hydrogen-bond donors (Lipinski definition) is 2. The van der Waals surface area contributed by atoms with Gasteiger partial charge in [0.15, 0.2) is 0 Å². The Labute approximate surface area is 141 Å². The van der Waals surface area contributed by atoms with Crippen molar-refractivity contribution in [2.75, 3.05) is 42.9 Å². The van der Waals surface area contributed by atoms with E-state index >= 15 is 0 Å². The molecule has 24 heavy (non-hydrogen) atoms. The van der Waals surface area contributed by atoms with Crippen molar-refractivity contribution in [3.8, 4) is 0 Å². The number of benzene rings is 1. The summed E-state index contributed by atoms with van der Waals surface area (Å²) >= 11 is 0. The largest absolute Gasteiger partial charge is 0.390 e. The third-order valence-corrected chi connectivity index (χ3v) is 3.97. The Hall–Kier alpha value is -2.51. The molecule has 0 spiro atoms. The molecular weight excluding hydrogens is 306 g/mol. The van der Waals surface area contributed by atoms with Crippen LogP contribution in [0.5, 0.6) is 0 Å². The van der Waals surface area contributed by atoms with Gasteiger partial charge in [-0.25, -0.2) is 4.98 Å². The number of amides is 1. The average Bonchev–Trinajstić information content (AvgIpc) is 2.63. The smallest absolute Gasteiger partial charge is 0.238 e. The number of carbonyl (C=O) groups is 1. The Morgan fingerprint density at radius 3 is 2.46 bits per heavy atom. The number of aromatic nitrogens is 2. The first-order valence-electron chi connectivity index (χ1n) is 7.98. The summed E-state index contributed by atoms with van der Waals surface area (Å²) in [6.45, 7) is 3.48. The predicted molar refractivity (Wildman–Crippen MR) is 91.7 cm³/mol. The highest BCUT2D eigenvalue weighted by Gasteiger charge is 2.20. The highest BCUT2D eigenvalue weighted by atomic mass is 16.3. The standard InChI is InChI=1S/C17H21N5O2/c23-13-15-10-19-16(11-18-15)22-8-6-21(7-9-22)12-17(24)20-14-4-2-1-3-5-14/h1-5,10-11,23H,6-9,12-13H2,(H,20,24). The van der Waals surface area contributed by atoms with Crippen LogP contribution in [0.1, 0.15) is 5.69 Å². The van der Waals surface area contributed by atoms with Gasteiger partial charge < -0.3 is 15.3 Å². The number of nitrogens with one attached hydrogen (secondary N) is 1. The molecule has 1 aliphatic rings. The van der Waals surface area contributed by atoms with E-state index in [-0.39, 0.29) is 12.5 Å². The van der Waals surface area contributed by atoms with Crippen LogP contribution in [0.3, 0.4) is 0 Å². The lowest BCUT2D eigenvalue weighted by Crippen LogP contribution is -2.49. The van der Waals surface area contributed by atoms with Crippen molar-refractivity contribution in [1.82, 2.24) is 14.9 Å². The lowest BCUT2D eigenvalue weighted by molar-refractivity contribution is -0.117. The minimum absolute atomic E-state index is 0.00161. The molecule has 0 atom stereocenters. The molecule has 0 saturated carbocycles. The summed E-state index contributed by atoms with van der Waals surface area (Å²) in [6.07, 6.45) is 3.28. The molecule has 1 saturated heterocycles. The SMILES string of the molecule is O=C(CN1CCN(c2cnc(CO)cn2)CC1)Nc1ccccc1.